The number of halogens is 2. The van der Waals surface area contributed by atoms with Crippen molar-refractivity contribution in [3.05, 3.63) is 35.4 Å². The third-order valence-corrected chi connectivity index (χ3v) is 6.43. The van der Waals surface area contributed by atoms with Crippen molar-refractivity contribution in [3.8, 4) is 0 Å². The number of benzene rings is 1. The molecule has 0 bridgehead atoms. The highest BCUT2D eigenvalue weighted by Gasteiger charge is 2.79. The van der Waals surface area contributed by atoms with Gasteiger partial charge in [0.15, 0.2) is 0 Å². The summed E-state index contributed by atoms with van der Waals surface area (Å²) in [5, 5.41) is 5.96. The van der Waals surface area contributed by atoms with Crippen LogP contribution in [0, 0.1) is 12.8 Å². The van der Waals surface area contributed by atoms with Crippen LogP contribution in [0.3, 0.4) is 0 Å². The summed E-state index contributed by atoms with van der Waals surface area (Å²) < 4.78 is -0.725. The number of amides is 2. The lowest BCUT2D eigenvalue weighted by Crippen LogP contribution is -2.41. The van der Waals surface area contributed by atoms with Gasteiger partial charge in [0, 0.05) is 11.3 Å². The molecule has 2 N–H and O–H groups in total. The first-order chi connectivity index (χ1) is 9.45. The molecule has 0 aromatic heterocycles. The molecule has 1 aromatic carbocycles. The van der Waals surface area contributed by atoms with E-state index in [0.717, 1.165) is 12.8 Å². The zero-order valence-electron chi connectivity index (χ0n) is 11.1. The quantitative estimate of drug-likeness (QED) is 0.769. The van der Waals surface area contributed by atoms with Crippen LogP contribution in [0.25, 0.3) is 0 Å². The Labute approximate surface area is 128 Å². The highest BCUT2D eigenvalue weighted by atomic mass is 35.5. The first-order valence-electron chi connectivity index (χ1n) is 6.97. The van der Waals surface area contributed by atoms with E-state index in [-0.39, 0.29) is 29.4 Å². The molecule has 4 rings (SSSR count). The molecule has 0 unspecified atom stereocenters. The lowest BCUT2D eigenvalue weighted by atomic mass is 9.78. The van der Waals surface area contributed by atoms with Gasteiger partial charge in [0.2, 0.25) is 0 Å². The van der Waals surface area contributed by atoms with Crippen LogP contribution in [0.15, 0.2) is 24.3 Å². The predicted molar refractivity (Wildman–Crippen MR) is 79.3 cm³/mol. The molecule has 0 radical (unpaired) electrons. The fraction of sp³-hybridized carbons (Fsp3) is 0.533. The minimum Gasteiger partial charge on any atom is -0.333 e. The standard InChI is InChI=1S/C15H16Cl2N2O/c1-8-3-2-4-9(5-8)14-7-11-10(18-13(20)19-11)6-12(14)15(14,16)17/h2-5,10-12H,6-7H2,1H3,(H2,18,19,20)/t10-,11-,12+,14+/m0/s1. The van der Waals surface area contributed by atoms with E-state index in [1.807, 2.05) is 0 Å². The smallest absolute Gasteiger partial charge is 0.315 e. The molecule has 5 heteroatoms. The van der Waals surface area contributed by atoms with Gasteiger partial charge in [0.25, 0.3) is 0 Å². The summed E-state index contributed by atoms with van der Waals surface area (Å²) in [5.74, 6) is 0.210. The fourth-order valence-electron chi connectivity index (χ4n) is 4.19. The van der Waals surface area contributed by atoms with Crippen LogP contribution in [-0.4, -0.2) is 22.4 Å². The van der Waals surface area contributed by atoms with E-state index in [1.165, 1.54) is 11.1 Å². The molecule has 3 nitrogen and oxygen atoms in total. The van der Waals surface area contributed by atoms with Gasteiger partial charge >= 0.3 is 6.03 Å². The lowest BCUT2D eigenvalue weighted by Gasteiger charge is -2.30. The summed E-state index contributed by atoms with van der Waals surface area (Å²) in [6.07, 6.45) is 1.64. The van der Waals surface area contributed by atoms with Crippen LogP contribution >= 0.6 is 23.2 Å². The van der Waals surface area contributed by atoms with Crippen LogP contribution in [0.5, 0.6) is 0 Å². The van der Waals surface area contributed by atoms with Crippen molar-refractivity contribution in [2.75, 3.05) is 0 Å². The van der Waals surface area contributed by atoms with Crippen molar-refractivity contribution in [2.24, 2.45) is 5.92 Å². The Morgan fingerprint density at radius 2 is 2.00 bits per heavy atom. The summed E-state index contributed by atoms with van der Waals surface area (Å²) in [4.78, 5) is 11.5. The molecule has 1 aliphatic heterocycles. The molecule has 1 saturated heterocycles. The number of hydrogen-bond acceptors (Lipinski definition) is 1. The van der Waals surface area contributed by atoms with Gasteiger partial charge in [0.1, 0.15) is 4.33 Å². The van der Waals surface area contributed by atoms with Gasteiger partial charge < -0.3 is 10.6 Å². The molecule has 4 atom stereocenters. The number of hydrogen-bond donors (Lipinski definition) is 2. The van der Waals surface area contributed by atoms with Gasteiger partial charge in [-0.3, -0.25) is 0 Å². The van der Waals surface area contributed by atoms with Crippen LogP contribution in [-0.2, 0) is 5.41 Å². The summed E-state index contributed by atoms with van der Waals surface area (Å²) in [5.41, 5.74) is 2.19. The van der Waals surface area contributed by atoms with Gasteiger partial charge in [-0.05, 0) is 25.3 Å². The predicted octanol–water partition coefficient (Wildman–Crippen LogP) is 2.88. The molecule has 1 aromatic rings. The van der Waals surface area contributed by atoms with E-state index >= 15 is 0 Å². The van der Waals surface area contributed by atoms with Crippen molar-refractivity contribution in [1.82, 2.24) is 10.6 Å². The van der Waals surface area contributed by atoms with E-state index in [1.54, 1.807) is 0 Å². The van der Waals surface area contributed by atoms with E-state index < -0.39 is 4.33 Å². The summed E-state index contributed by atoms with van der Waals surface area (Å²) in [6.45, 7) is 2.08. The largest absolute Gasteiger partial charge is 0.333 e. The highest BCUT2D eigenvalue weighted by molar-refractivity contribution is 6.52. The second kappa shape index (κ2) is 3.83. The number of nitrogens with one attached hydrogen (secondary N) is 2. The summed E-state index contributed by atoms with van der Waals surface area (Å²) in [7, 11) is 0. The average molecular weight is 311 g/mol. The normalized spacial score (nSPS) is 40.4. The Bertz CT molecular complexity index is 603. The second-order valence-corrected chi connectivity index (χ2v) is 7.67. The molecule has 2 aliphatic carbocycles. The third-order valence-electron chi connectivity index (χ3n) is 5.23. The molecule has 3 fully saturated rings. The molecular formula is C15H16Cl2N2O. The van der Waals surface area contributed by atoms with Crippen molar-refractivity contribution in [3.63, 3.8) is 0 Å². The van der Waals surface area contributed by atoms with E-state index in [2.05, 4.69) is 41.8 Å². The Kier molecular flexibility index (Phi) is 2.45. The Morgan fingerprint density at radius 3 is 2.75 bits per heavy atom. The summed E-state index contributed by atoms with van der Waals surface area (Å²) in [6, 6.07) is 8.61. The van der Waals surface area contributed by atoms with Crippen LogP contribution < -0.4 is 10.6 Å². The Balaban J connectivity index is 1.75. The molecule has 20 heavy (non-hydrogen) atoms. The number of fused-ring (bicyclic) bond motifs is 2. The molecule has 2 amide bonds. The van der Waals surface area contributed by atoms with E-state index in [9.17, 15) is 4.79 Å². The Hall–Kier alpha value is -0.930. The number of urea groups is 1. The minimum atomic E-state index is -0.725. The van der Waals surface area contributed by atoms with Gasteiger partial charge in [-0.1, -0.05) is 29.8 Å². The van der Waals surface area contributed by atoms with Crippen molar-refractivity contribution in [2.45, 2.75) is 41.6 Å². The maximum atomic E-state index is 11.5. The average Bonchev–Trinajstić information content (AvgIpc) is 2.70. The third kappa shape index (κ3) is 1.45. The number of carbonyl (C=O) groups excluding carboxylic acids is 1. The Morgan fingerprint density at radius 1 is 1.25 bits per heavy atom. The molecule has 3 aliphatic rings. The monoisotopic (exact) mass is 310 g/mol. The van der Waals surface area contributed by atoms with E-state index in [4.69, 9.17) is 23.2 Å². The van der Waals surface area contributed by atoms with Gasteiger partial charge in [-0.2, -0.15) is 0 Å². The van der Waals surface area contributed by atoms with Gasteiger partial charge in [-0.25, -0.2) is 4.79 Å². The van der Waals surface area contributed by atoms with Crippen molar-refractivity contribution >= 4 is 29.2 Å². The summed E-state index contributed by atoms with van der Waals surface area (Å²) >= 11 is 13.3. The van der Waals surface area contributed by atoms with Crippen molar-refractivity contribution in [1.29, 1.82) is 0 Å². The van der Waals surface area contributed by atoms with Gasteiger partial charge in [0.05, 0.1) is 12.1 Å². The zero-order chi connectivity index (χ0) is 14.1. The van der Waals surface area contributed by atoms with Crippen LogP contribution in [0.4, 0.5) is 4.79 Å². The van der Waals surface area contributed by atoms with Crippen LogP contribution in [0.1, 0.15) is 24.0 Å². The molecule has 106 valence electrons. The maximum absolute atomic E-state index is 11.5. The van der Waals surface area contributed by atoms with Crippen molar-refractivity contribution < 1.29 is 4.79 Å². The SMILES string of the molecule is Cc1cccc([C@]23C[C@@H]4NC(=O)N[C@H]4C[C@H]2C3(Cl)Cl)c1. The topological polar surface area (TPSA) is 41.1 Å². The first kappa shape index (κ1) is 12.8. The first-order valence-corrected chi connectivity index (χ1v) is 7.73. The zero-order valence-corrected chi connectivity index (χ0v) is 12.6. The van der Waals surface area contributed by atoms with Crippen LogP contribution in [0.2, 0.25) is 0 Å². The minimum absolute atomic E-state index is 0.0737. The molecular weight excluding hydrogens is 295 g/mol. The van der Waals surface area contributed by atoms with Gasteiger partial charge in [-0.15, -0.1) is 23.2 Å². The number of carbonyl (C=O) groups is 1. The van der Waals surface area contributed by atoms with E-state index in [0.29, 0.717) is 0 Å². The molecule has 0 spiro atoms. The number of alkyl halides is 2. The second-order valence-electron chi connectivity index (χ2n) is 6.29. The molecule has 2 saturated carbocycles. The number of rotatable bonds is 1. The highest BCUT2D eigenvalue weighted by Crippen LogP contribution is 2.75. The fourth-order valence-corrected chi connectivity index (χ4v) is 5.27. The number of aryl methyl sites for hydroxylation is 1. The maximum Gasteiger partial charge on any atom is 0.315 e. The molecule has 1 heterocycles. The lowest BCUT2D eigenvalue weighted by molar-refractivity contribution is 0.247.